The van der Waals surface area contributed by atoms with Gasteiger partial charge in [-0.2, -0.15) is 5.10 Å². The summed E-state index contributed by atoms with van der Waals surface area (Å²) in [6, 6.07) is 6.50. The van der Waals surface area contributed by atoms with Crippen molar-refractivity contribution in [3.63, 3.8) is 0 Å². The van der Waals surface area contributed by atoms with Crippen molar-refractivity contribution in [2.75, 3.05) is 18.9 Å². The van der Waals surface area contributed by atoms with Crippen molar-refractivity contribution in [3.05, 3.63) is 81.2 Å². The molecule has 186 valence electrons. The molecule has 1 aliphatic rings. The first kappa shape index (κ1) is 23.7. The molecule has 2 aromatic carbocycles. The zero-order chi connectivity index (χ0) is 25.7. The fraction of sp³-hybridized carbons (Fsp3) is 0.269. The van der Waals surface area contributed by atoms with E-state index in [1.54, 1.807) is 45.3 Å². The van der Waals surface area contributed by atoms with Crippen molar-refractivity contribution in [3.8, 4) is 22.6 Å². The average Bonchev–Trinajstić information content (AvgIpc) is 3.43. The molecular formula is C26H27F2N7O. The number of benzene rings is 2. The van der Waals surface area contributed by atoms with E-state index in [0.29, 0.717) is 40.3 Å². The smallest absolute Gasteiger partial charge is 0.337 e. The van der Waals surface area contributed by atoms with Crippen molar-refractivity contribution in [1.82, 2.24) is 24.2 Å². The van der Waals surface area contributed by atoms with E-state index in [-0.39, 0.29) is 23.1 Å². The number of hydrogen-bond acceptors (Lipinski definition) is 5. The maximum atomic E-state index is 15.3. The van der Waals surface area contributed by atoms with Gasteiger partial charge in [0.05, 0.1) is 23.5 Å². The Balaban J connectivity index is 1.75. The van der Waals surface area contributed by atoms with Crippen LogP contribution in [0.3, 0.4) is 0 Å². The molecule has 36 heavy (non-hydrogen) atoms. The third-order valence-electron chi connectivity index (χ3n) is 6.71. The standard InChI is InChI=1S/C26H27F2N7O/c1-14-11-17(12-15(2)21(14)27)23-25(24-16(3)31-7-8-35(24)32-23)34-10-9-33(26(34)36)20-6-5-19(30-4)18(13-29)22(20)28/h5-6,9-13,16,29-31H,7-8H2,1-4H3/t16-/m0/s1. The van der Waals surface area contributed by atoms with Crippen LogP contribution in [0.1, 0.15) is 35.3 Å². The maximum Gasteiger partial charge on any atom is 0.337 e. The average molecular weight is 492 g/mol. The predicted molar refractivity (Wildman–Crippen MR) is 136 cm³/mol. The largest absolute Gasteiger partial charge is 0.388 e. The molecule has 0 amide bonds. The number of nitrogens with one attached hydrogen (secondary N) is 3. The van der Waals surface area contributed by atoms with E-state index in [9.17, 15) is 9.18 Å². The van der Waals surface area contributed by atoms with Crippen LogP contribution in [-0.4, -0.2) is 38.7 Å². The van der Waals surface area contributed by atoms with Crippen LogP contribution in [0.15, 0.2) is 41.5 Å². The molecule has 1 atom stereocenters. The molecule has 8 nitrogen and oxygen atoms in total. The molecule has 0 aliphatic carbocycles. The minimum absolute atomic E-state index is 0.0403. The van der Waals surface area contributed by atoms with Gasteiger partial charge in [-0.3, -0.25) is 13.8 Å². The summed E-state index contributed by atoms with van der Waals surface area (Å²) in [5, 5.41) is 18.7. The summed E-state index contributed by atoms with van der Waals surface area (Å²) in [7, 11) is 1.64. The molecular weight excluding hydrogens is 464 g/mol. The number of hydrogen-bond donors (Lipinski definition) is 3. The molecule has 3 heterocycles. The minimum atomic E-state index is -0.672. The van der Waals surface area contributed by atoms with E-state index >= 15 is 4.39 Å². The highest BCUT2D eigenvalue weighted by Crippen LogP contribution is 2.35. The lowest BCUT2D eigenvalue weighted by molar-refractivity contribution is 0.419. The van der Waals surface area contributed by atoms with E-state index in [1.165, 1.54) is 21.4 Å². The molecule has 10 heteroatoms. The van der Waals surface area contributed by atoms with Crippen molar-refractivity contribution < 1.29 is 8.78 Å². The summed E-state index contributed by atoms with van der Waals surface area (Å²) in [4.78, 5) is 13.7. The van der Waals surface area contributed by atoms with E-state index in [0.717, 1.165) is 18.5 Å². The van der Waals surface area contributed by atoms with Gasteiger partial charge in [-0.15, -0.1) is 0 Å². The number of nitrogens with zero attached hydrogens (tertiary/aromatic N) is 4. The van der Waals surface area contributed by atoms with E-state index in [4.69, 9.17) is 10.5 Å². The molecule has 0 fully saturated rings. The number of anilines is 1. The van der Waals surface area contributed by atoms with Gasteiger partial charge in [0, 0.05) is 49.5 Å². The second kappa shape index (κ2) is 8.87. The first-order valence-corrected chi connectivity index (χ1v) is 11.7. The van der Waals surface area contributed by atoms with Crippen molar-refractivity contribution in [2.24, 2.45) is 0 Å². The highest BCUT2D eigenvalue weighted by atomic mass is 19.1. The molecule has 0 unspecified atom stereocenters. The second-order valence-corrected chi connectivity index (χ2v) is 8.98. The molecule has 0 bridgehead atoms. The normalized spacial score (nSPS) is 15.1. The van der Waals surface area contributed by atoms with Crippen molar-refractivity contribution in [1.29, 1.82) is 5.41 Å². The number of aromatic nitrogens is 4. The Labute approximate surface area is 206 Å². The molecule has 0 saturated heterocycles. The van der Waals surface area contributed by atoms with Crippen LogP contribution in [0.25, 0.3) is 22.6 Å². The molecule has 2 aromatic heterocycles. The number of halogens is 2. The van der Waals surface area contributed by atoms with Gasteiger partial charge >= 0.3 is 5.69 Å². The number of imidazole rings is 1. The van der Waals surface area contributed by atoms with Crippen LogP contribution in [-0.2, 0) is 6.54 Å². The van der Waals surface area contributed by atoms with Gasteiger partial charge in [0.25, 0.3) is 0 Å². The molecule has 0 saturated carbocycles. The van der Waals surface area contributed by atoms with Crippen LogP contribution in [0.2, 0.25) is 0 Å². The van der Waals surface area contributed by atoms with Gasteiger partial charge in [-0.1, -0.05) is 0 Å². The Morgan fingerprint density at radius 2 is 1.83 bits per heavy atom. The molecule has 5 rings (SSSR count). The minimum Gasteiger partial charge on any atom is -0.388 e. The highest BCUT2D eigenvalue weighted by molar-refractivity contribution is 5.87. The number of aryl methyl sites for hydroxylation is 2. The summed E-state index contributed by atoms with van der Waals surface area (Å²) in [5.41, 5.74) is 3.70. The summed E-state index contributed by atoms with van der Waals surface area (Å²) in [6.07, 6.45) is 4.01. The monoisotopic (exact) mass is 491 g/mol. The summed E-state index contributed by atoms with van der Waals surface area (Å²) in [5.74, 6) is -0.945. The Hall–Kier alpha value is -4.05. The molecule has 1 aliphatic heterocycles. The topological polar surface area (TPSA) is 92.7 Å². The SMILES string of the molecule is CNc1ccc(-n2ccn(-c3c(-c4cc(C)c(F)c(C)c4)nn4c3[C@H](C)NCC4)c2=O)c(F)c1C=N. The second-order valence-electron chi connectivity index (χ2n) is 8.98. The van der Waals surface area contributed by atoms with Gasteiger partial charge in [-0.05, 0) is 56.2 Å². The molecule has 0 spiro atoms. The number of rotatable bonds is 5. The molecule has 3 N–H and O–H groups in total. The summed E-state index contributed by atoms with van der Waals surface area (Å²) in [6.45, 7) is 6.74. The quantitative estimate of drug-likeness (QED) is 0.367. The van der Waals surface area contributed by atoms with Gasteiger partial charge < -0.3 is 16.0 Å². The van der Waals surface area contributed by atoms with E-state index in [2.05, 4.69) is 10.6 Å². The van der Waals surface area contributed by atoms with Gasteiger partial charge in [0.1, 0.15) is 17.2 Å². The van der Waals surface area contributed by atoms with Crippen LogP contribution in [0, 0.1) is 30.9 Å². The Kier molecular flexibility index (Phi) is 5.83. The third-order valence-corrected chi connectivity index (χ3v) is 6.71. The highest BCUT2D eigenvalue weighted by Gasteiger charge is 2.29. The predicted octanol–water partition coefficient (Wildman–Crippen LogP) is 4.09. The van der Waals surface area contributed by atoms with Crippen molar-refractivity contribution in [2.45, 2.75) is 33.4 Å². The molecule has 4 aromatic rings. The Bertz CT molecular complexity index is 1540. The van der Waals surface area contributed by atoms with Crippen LogP contribution in [0.5, 0.6) is 0 Å². The third kappa shape index (κ3) is 3.56. The Morgan fingerprint density at radius 3 is 2.50 bits per heavy atom. The van der Waals surface area contributed by atoms with Crippen LogP contribution >= 0.6 is 0 Å². The fourth-order valence-electron chi connectivity index (χ4n) is 4.92. The van der Waals surface area contributed by atoms with E-state index < -0.39 is 11.5 Å². The summed E-state index contributed by atoms with van der Waals surface area (Å²) >= 11 is 0. The van der Waals surface area contributed by atoms with E-state index in [1.807, 2.05) is 11.6 Å². The van der Waals surface area contributed by atoms with Gasteiger partial charge in [0.15, 0.2) is 5.82 Å². The van der Waals surface area contributed by atoms with Crippen molar-refractivity contribution >= 4 is 11.9 Å². The van der Waals surface area contributed by atoms with Crippen LogP contribution < -0.4 is 16.3 Å². The first-order chi connectivity index (χ1) is 17.3. The zero-order valence-corrected chi connectivity index (χ0v) is 20.5. The van der Waals surface area contributed by atoms with Crippen LogP contribution in [0.4, 0.5) is 14.5 Å². The number of fused-ring (bicyclic) bond motifs is 1. The molecule has 0 radical (unpaired) electrons. The lowest BCUT2D eigenvalue weighted by atomic mass is 10.0. The van der Waals surface area contributed by atoms with Gasteiger partial charge in [0.2, 0.25) is 0 Å². The fourth-order valence-corrected chi connectivity index (χ4v) is 4.92. The zero-order valence-electron chi connectivity index (χ0n) is 20.5. The Morgan fingerprint density at radius 1 is 1.14 bits per heavy atom. The van der Waals surface area contributed by atoms with Gasteiger partial charge in [-0.25, -0.2) is 13.6 Å². The maximum absolute atomic E-state index is 15.3. The lowest BCUT2D eigenvalue weighted by Crippen LogP contribution is -2.33. The lowest BCUT2D eigenvalue weighted by Gasteiger charge is -2.23. The summed E-state index contributed by atoms with van der Waals surface area (Å²) < 4.78 is 34.3. The first-order valence-electron chi connectivity index (χ1n) is 11.7.